The van der Waals surface area contributed by atoms with Crippen molar-refractivity contribution in [3.63, 3.8) is 0 Å². The molecule has 1 fully saturated rings. The van der Waals surface area contributed by atoms with Crippen LogP contribution in [-0.2, 0) is 11.3 Å². The number of carbonyl (C=O) groups is 1. The summed E-state index contributed by atoms with van der Waals surface area (Å²) in [6.45, 7) is 9.76. The van der Waals surface area contributed by atoms with Crippen molar-refractivity contribution in [2.75, 3.05) is 44.8 Å². The molecule has 3 heterocycles. The molecule has 0 aliphatic carbocycles. The molecule has 186 valence electrons. The first-order chi connectivity index (χ1) is 16.8. The van der Waals surface area contributed by atoms with Crippen LogP contribution in [-0.4, -0.2) is 70.2 Å². The average Bonchev–Trinajstić information content (AvgIpc) is 2.85. The highest BCUT2D eigenvalue weighted by atomic mass is 32.1. The van der Waals surface area contributed by atoms with E-state index in [1.807, 2.05) is 17.9 Å². The highest BCUT2D eigenvalue weighted by molar-refractivity contribution is 7.71. The van der Waals surface area contributed by atoms with Crippen molar-refractivity contribution in [2.24, 2.45) is 0 Å². The van der Waals surface area contributed by atoms with Gasteiger partial charge in [0.2, 0.25) is 0 Å². The quantitative estimate of drug-likeness (QED) is 0.396. The molecule has 1 saturated heterocycles. The molecule has 0 radical (unpaired) electrons. The van der Waals surface area contributed by atoms with E-state index in [9.17, 15) is 9.59 Å². The van der Waals surface area contributed by atoms with E-state index in [0.29, 0.717) is 67.0 Å². The third-order valence-electron chi connectivity index (χ3n) is 6.22. The molecule has 0 spiro atoms. The lowest BCUT2D eigenvalue weighted by molar-refractivity contribution is 0.0746. The van der Waals surface area contributed by atoms with E-state index in [1.165, 1.54) is 4.57 Å². The lowest BCUT2D eigenvalue weighted by Crippen LogP contribution is -2.49. The first kappa shape index (κ1) is 25.0. The maximum atomic E-state index is 13.2. The molecule has 35 heavy (non-hydrogen) atoms. The SMILES string of the molecule is COCCCn1c(=S)[nH]c2cc(C(=O)N3CCN(c4cc(C)nc(C(C)C)n4)CC3)ccc2c1=O. The number of nitrogens with zero attached hydrogens (tertiary/aromatic N) is 5. The second-order valence-corrected chi connectivity index (χ2v) is 9.54. The molecule has 2 aromatic heterocycles. The number of ether oxygens (including phenoxy) is 1. The lowest BCUT2D eigenvalue weighted by atomic mass is 10.1. The minimum Gasteiger partial charge on any atom is -0.385 e. The van der Waals surface area contributed by atoms with Gasteiger partial charge in [-0.3, -0.25) is 14.2 Å². The summed E-state index contributed by atoms with van der Waals surface area (Å²) in [5.41, 5.74) is 1.90. The molecule has 1 aromatic carbocycles. The molecule has 3 aromatic rings. The Balaban J connectivity index is 1.49. The number of benzene rings is 1. The number of H-pyrrole nitrogens is 1. The van der Waals surface area contributed by atoms with Crippen molar-refractivity contribution in [2.45, 2.75) is 39.7 Å². The number of methoxy groups -OCH3 is 1. The number of carbonyl (C=O) groups excluding carboxylic acids is 1. The van der Waals surface area contributed by atoms with Crippen LogP contribution >= 0.6 is 12.2 Å². The number of aryl methyl sites for hydroxylation is 1. The Hall–Kier alpha value is -3.11. The Labute approximate surface area is 209 Å². The molecular weight excluding hydrogens is 464 g/mol. The summed E-state index contributed by atoms with van der Waals surface area (Å²) < 4.78 is 6.95. The highest BCUT2D eigenvalue weighted by Crippen LogP contribution is 2.20. The van der Waals surface area contributed by atoms with Gasteiger partial charge in [0.25, 0.3) is 11.5 Å². The Morgan fingerprint density at radius 1 is 1.17 bits per heavy atom. The van der Waals surface area contributed by atoms with Gasteiger partial charge >= 0.3 is 0 Å². The molecule has 10 heteroatoms. The molecule has 0 atom stereocenters. The summed E-state index contributed by atoms with van der Waals surface area (Å²) >= 11 is 5.40. The summed E-state index contributed by atoms with van der Waals surface area (Å²) in [7, 11) is 1.63. The van der Waals surface area contributed by atoms with Crippen LogP contribution in [0, 0.1) is 11.7 Å². The first-order valence-electron chi connectivity index (χ1n) is 11.9. The molecule has 0 unspecified atom stereocenters. The van der Waals surface area contributed by atoms with Crippen LogP contribution in [0.1, 0.15) is 48.1 Å². The number of amides is 1. The average molecular weight is 497 g/mol. The molecule has 1 N–H and O–H groups in total. The van der Waals surface area contributed by atoms with Crippen molar-refractivity contribution in [1.82, 2.24) is 24.4 Å². The minimum atomic E-state index is -0.159. The zero-order valence-corrected chi connectivity index (χ0v) is 21.5. The van der Waals surface area contributed by atoms with Crippen molar-refractivity contribution >= 4 is 34.8 Å². The molecule has 4 rings (SSSR count). The van der Waals surface area contributed by atoms with Crippen molar-refractivity contribution < 1.29 is 9.53 Å². The van der Waals surface area contributed by atoms with Gasteiger partial charge < -0.3 is 19.5 Å². The van der Waals surface area contributed by atoms with Crippen LogP contribution in [0.2, 0.25) is 0 Å². The number of fused-ring (bicyclic) bond motifs is 1. The van der Waals surface area contributed by atoms with Crippen LogP contribution in [0.15, 0.2) is 29.1 Å². The van der Waals surface area contributed by atoms with E-state index in [1.54, 1.807) is 25.3 Å². The summed E-state index contributed by atoms with van der Waals surface area (Å²) in [6.07, 6.45) is 0.690. The monoisotopic (exact) mass is 496 g/mol. The van der Waals surface area contributed by atoms with Crippen LogP contribution in [0.5, 0.6) is 0 Å². The summed E-state index contributed by atoms with van der Waals surface area (Å²) in [4.78, 5) is 42.6. The predicted octanol–water partition coefficient (Wildman–Crippen LogP) is 3.28. The Bertz CT molecular complexity index is 1340. The van der Waals surface area contributed by atoms with E-state index in [0.717, 1.165) is 17.3 Å². The second-order valence-electron chi connectivity index (χ2n) is 9.15. The first-order valence-corrected chi connectivity index (χ1v) is 12.3. The van der Waals surface area contributed by atoms with E-state index >= 15 is 0 Å². The minimum absolute atomic E-state index is 0.0584. The van der Waals surface area contributed by atoms with E-state index in [4.69, 9.17) is 21.9 Å². The maximum absolute atomic E-state index is 13.2. The fourth-order valence-electron chi connectivity index (χ4n) is 4.27. The van der Waals surface area contributed by atoms with E-state index in [-0.39, 0.29) is 17.4 Å². The standard InChI is InChI=1S/C25H32N6O3S/c1-16(2)22-26-17(3)14-21(28-22)29-9-11-30(12-10-29)23(32)18-6-7-19-20(15-18)27-25(35)31(24(19)33)8-5-13-34-4/h6-7,14-16H,5,8-13H2,1-4H3,(H,27,35). The van der Waals surface area contributed by atoms with Crippen molar-refractivity contribution in [3.8, 4) is 0 Å². The van der Waals surface area contributed by atoms with E-state index in [2.05, 4.69) is 28.7 Å². The highest BCUT2D eigenvalue weighted by Gasteiger charge is 2.24. The second kappa shape index (κ2) is 10.7. The van der Waals surface area contributed by atoms with Gasteiger partial charge in [-0.25, -0.2) is 9.97 Å². The number of nitrogens with one attached hydrogen (secondary N) is 1. The normalized spacial score (nSPS) is 14.2. The number of hydrogen-bond acceptors (Lipinski definition) is 7. The molecular formula is C25H32N6O3S. The third-order valence-corrected chi connectivity index (χ3v) is 6.55. The Kier molecular flexibility index (Phi) is 7.61. The molecule has 0 bridgehead atoms. The zero-order chi connectivity index (χ0) is 25.1. The molecule has 9 nitrogen and oxygen atoms in total. The number of aromatic amines is 1. The van der Waals surface area contributed by atoms with Gasteiger partial charge in [0.15, 0.2) is 4.77 Å². The maximum Gasteiger partial charge on any atom is 0.262 e. The largest absolute Gasteiger partial charge is 0.385 e. The van der Waals surface area contributed by atoms with Gasteiger partial charge in [-0.15, -0.1) is 0 Å². The number of rotatable bonds is 7. The van der Waals surface area contributed by atoms with Crippen LogP contribution in [0.3, 0.4) is 0 Å². The number of aromatic nitrogens is 4. The Morgan fingerprint density at radius 2 is 1.91 bits per heavy atom. The van der Waals surface area contributed by atoms with Gasteiger partial charge in [0.1, 0.15) is 11.6 Å². The van der Waals surface area contributed by atoms with Gasteiger partial charge in [-0.05, 0) is 43.8 Å². The van der Waals surface area contributed by atoms with Crippen molar-refractivity contribution in [3.05, 3.63) is 56.5 Å². The molecule has 1 aliphatic heterocycles. The summed E-state index contributed by atoms with van der Waals surface area (Å²) in [5, 5.41) is 0.512. The van der Waals surface area contributed by atoms with Crippen LogP contribution < -0.4 is 10.5 Å². The fraction of sp³-hybridized carbons (Fsp3) is 0.480. The summed E-state index contributed by atoms with van der Waals surface area (Å²) in [6, 6.07) is 7.15. The van der Waals surface area contributed by atoms with Gasteiger partial charge in [-0.1, -0.05) is 13.8 Å². The number of piperazine rings is 1. The van der Waals surface area contributed by atoms with Crippen molar-refractivity contribution in [1.29, 1.82) is 0 Å². The third kappa shape index (κ3) is 5.43. The lowest BCUT2D eigenvalue weighted by Gasteiger charge is -2.35. The van der Waals surface area contributed by atoms with Crippen LogP contribution in [0.25, 0.3) is 10.9 Å². The predicted molar refractivity (Wildman–Crippen MR) is 139 cm³/mol. The van der Waals surface area contributed by atoms with Gasteiger partial charge in [0, 0.05) is 69.7 Å². The van der Waals surface area contributed by atoms with Crippen LogP contribution in [0.4, 0.5) is 5.82 Å². The fourth-order valence-corrected chi connectivity index (χ4v) is 4.56. The topological polar surface area (TPSA) is 96.3 Å². The van der Waals surface area contributed by atoms with Gasteiger partial charge in [-0.2, -0.15) is 0 Å². The molecule has 1 aliphatic rings. The molecule has 1 amide bonds. The molecule has 0 saturated carbocycles. The van der Waals surface area contributed by atoms with E-state index < -0.39 is 0 Å². The zero-order valence-electron chi connectivity index (χ0n) is 20.7. The van der Waals surface area contributed by atoms with Gasteiger partial charge in [0.05, 0.1) is 10.9 Å². The smallest absolute Gasteiger partial charge is 0.262 e. The summed E-state index contributed by atoms with van der Waals surface area (Å²) in [5.74, 6) is 1.95. The Morgan fingerprint density at radius 3 is 2.60 bits per heavy atom. The number of anilines is 1. The number of hydrogen-bond donors (Lipinski definition) is 1.